The first-order valence-corrected chi connectivity index (χ1v) is 10.3. The van der Waals surface area contributed by atoms with Crippen molar-refractivity contribution in [2.45, 2.75) is 44.5 Å². The average molecular weight is 265 g/mol. The highest BCUT2D eigenvalue weighted by Gasteiger charge is 2.53. The Labute approximate surface area is 99.6 Å². The Morgan fingerprint density at radius 2 is 1.75 bits per heavy atom. The summed E-state index contributed by atoms with van der Waals surface area (Å²) >= 11 is 0. The van der Waals surface area contributed by atoms with Crippen LogP contribution >= 0.6 is 0 Å². The van der Waals surface area contributed by atoms with Gasteiger partial charge in [0, 0.05) is 6.54 Å². The zero-order valence-corrected chi connectivity index (χ0v) is 12.6. The Hall–Kier alpha value is 0.0869. The van der Waals surface area contributed by atoms with Crippen LogP contribution in [0, 0.1) is 0 Å². The standard InChI is InChI=1S/C10H23NO3SSi/c1-9(2,3)16(4,5)14-10(6-11)7-15(12,13)8-10/h6-8,11H2,1-5H3. The Bertz CT molecular complexity index is 358. The maximum atomic E-state index is 11.3. The molecule has 0 radical (unpaired) electrons. The molecular weight excluding hydrogens is 242 g/mol. The molecule has 6 heteroatoms. The molecule has 0 amide bonds. The normalized spacial score (nSPS) is 23.9. The summed E-state index contributed by atoms with van der Waals surface area (Å²) in [5.74, 6) is 0.173. The van der Waals surface area contributed by atoms with Gasteiger partial charge in [0.25, 0.3) is 0 Å². The van der Waals surface area contributed by atoms with E-state index in [1.165, 1.54) is 0 Å². The second-order valence-electron chi connectivity index (χ2n) is 6.28. The van der Waals surface area contributed by atoms with E-state index in [1.54, 1.807) is 0 Å². The van der Waals surface area contributed by atoms with Crippen LogP contribution in [0.5, 0.6) is 0 Å². The van der Waals surface area contributed by atoms with Gasteiger partial charge in [0.2, 0.25) is 0 Å². The predicted molar refractivity (Wildman–Crippen MR) is 68.7 cm³/mol. The SMILES string of the molecule is CC(C)(C)[Si](C)(C)OC1(CN)CS(=O)(=O)C1. The highest BCUT2D eigenvalue weighted by molar-refractivity contribution is 7.93. The first-order valence-electron chi connectivity index (χ1n) is 5.54. The van der Waals surface area contributed by atoms with Crippen molar-refractivity contribution >= 4 is 18.2 Å². The Morgan fingerprint density at radius 3 is 2.00 bits per heavy atom. The summed E-state index contributed by atoms with van der Waals surface area (Å²) in [6.07, 6.45) is 0. The Kier molecular flexibility index (Phi) is 3.36. The first-order chi connectivity index (χ1) is 6.93. The summed E-state index contributed by atoms with van der Waals surface area (Å²) in [4.78, 5) is 0. The summed E-state index contributed by atoms with van der Waals surface area (Å²) in [6.45, 7) is 10.9. The van der Waals surface area contributed by atoms with Crippen molar-refractivity contribution in [1.29, 1.82) is 0 Å². The van der Waals surface area contributed by atoms with Crippen LogP contribution in [-0.4, -0.2) is 40.4 Å². The van der Waals surface area contributed by atoms with Gasteiger partial charge in [-0.2, -0.15) is 0 Å². The van der Waals surface area contributed by atoms with Gasteiger partial charge in [-0.25, -0.2) is 8.42 Å². The van der Waals surface area contributed by atoms with Crippen molar-refractivity contribution in [1.82, 2.24) is 0 Å². The molecule has 4 nitrogen and oxygen atoms in total. The fourth-order valence-corrected chi connectivity index (χ4v) is 5.37. The second-order valence-corrected chi connectivity index (χ2v) is 13.1. The van der Waals surface area contributed by atoms with Gasteiger partial charge >= 0.3 is 0 Å². The van der Waals surface area contributed by atoms with Gasteiger partial charge in [0.15, 0.2) is 18.2 Å². The maximum Gasteiger partial charge on any atom is 0.192 e. The minimum absolute atomic E-state index is 0.0779. The third-order valence-electron chi connectivity index (χ3n) is 3.62. The van der Waals surface area contributed by atoms with Gasteiger partial charge in [-0.05, 0) is 18.1 Å². The van der Waals surface area contributed by atoms with E-state index < -0.39 is 23.8 Å². The van der Waals surface area contributed by atoms with Crippen LogP contribution in [0.25, 0.3) is 0 Å². The predicted octanol–water partition coefficient (Wildman–Crippen LogP) is 1.13. The zero-order chi connectivity index (χ0) is 12.8. The van der Waals surface area contributed by atoms with Gasteiger partial charge in [0.1, 0.15) is 0 Å². The van der Waals surface area contributed by atoms with Gasteiger partial charge in [-0.1, -0.05) is 20.8 Å². The number of hydrogen-bond donors (Lipinski definition) is 1. The highest BCUT2D eigenvalue weighted by Crippen LogP contribution is 2.41. The average Bonchev–Trinajstić information content (AvgIpc) is 1.97. The van der Waals surface area contributed by atoms with Crippen molar-refractivity contribution < 1.29 is 12.8 Å². The summed E-state index contributed by atoms with van der Waals surface area (Å²) in [5.41, 5.74) is 5.06. The molecule has 0 aromatic heterocycles. The molecule has 96 valence electrons. The molecule has 1 aliphatic rings. The molecule has 1 saturated heterocycles. The van der Waals surface area contributed by atoms with E-state index in [4.69, 9.17) is 10.2 Å². The van der Waals surface area contributed by atoms with Gasteiger partial charge in [0.05, 0.1) is 17.1 Å². The third kappa shape index (κ3) is 2.67. The molecule has 16 heavy (non-hydrogen) atoms. The van der Waals surface area contributed by atoms with E-state index in [1.807, 2.05) is 0 Å². The molecule has 0 aromatic rings. The van der Waals surface area contributed by atoms with E-state index >= 15 is 0 Å². The molecule has 0 atom stereocenters. The fraction of sp³-hybridized carbons (Fsp3) is 1.00. The van der Waals surface area contributed by atoms with Gasteiger partial charge in [-0.15, -0.1) is 0 Å². The van der Waals surface area contributed by atoms with Crippen LogP contribution in [-0.2, 0) is 14.3 Å². The van der Waals surface area contributed by atoms with Crippen molar-refractivity contribution in [3.63, 3.8) is 0 Å². The van der Waals surface area contributed by atoms with E-state index in [9.17, 15) is 8.42 Å². The smallest absolute Gasteiger partial charge is 0.192 e. The number of nitrogens with two attached hydrogens (primary N) is 1. The lowest BCUT2D eigenvalue weighted by Gasteiger charge is -2.49. The highest BCUT2D eigenvalue weighted by atomic mass is 32.2. The Morgan fingerprint density at radius 1 is 1.31 bits per heavy atom. The summed E-state index contributed by atoms with van der Waals surface area (Å²) in [5, 5.41) is 0.0779. The summed E-state index contributed by atoms with van der Waals surface area (Å²) < 4.78 is 28.7. The molecule has 1 rings (SSSR count). The van der Waals surface area contributed by atoms with E-state index in [0.717, 1.165) is 0 Å². The van der Waals surface area contributed by atoms with Gasteiger partial charge < -0.3 is 10.2 Å². The molecule has 0 aromatic carbocycles. The molecule has 0 spiro atoms. The van der Waals surface area contributed by atoms with Crippen LogP contribution in [0.4, 0.5) is 0 Å². The summed E-state index contributed by atoms with van der Waals surface area (Å²) in [6, 6.07) is 0. The largest absolute Gasteiger partial charge is 0.408 e. The monoisotopic (exact) mass is 265 g/mol. The zero-order valence-electron chi connectivity index (χ0n) is 10.8. The lowest BCUT2D eigenvalue weighted by Crippen LogP contribution is -2.65. The molecule has 0 saturated carbocycles. The van der Waals surface area contributed by atoms with Crippen LogP contribution in [0.1, 0.15) is 20.8 Å². The number of hydrogen-bond acceptors (Lipinski definition) is 4. The quantitative estimate of drug-likeness (QED) is 0.777. The number of rotatable bonds is 3. The lowest BCUT2D eigenvalue weighted by atomic mass is 10.1. The minimum atomic E-state index is -2.90. The topological polar surface area (TPSA) is 69.4 Å². The third-order valence-corrected chi connectivity index (χ3v) is 10.1. The molecule has 0 unspecified atom stereocenters. The molecule has 0 aliphatic carbocycles. The van der Waals surface area contributed by atoms with Crippen molar-refractivity contribution in [3.8, 4) is 0 Å². The van der Waals surface area contributed by atoms with E-state index in [2.05, 4.69) is 33.9 Å². The van der Waals surface area contributed by atoms with E-state index in [0.29, 0.717) is 6.54 Å². The summed E-state index contributed by atoms with van der Waals surface area (Å²) in [7, 11) is -4.84. The van der Waals surface area contributed by atoms with Crippen LogP contribution in [0.15, 0.2) is 0 Å². The Balaban J connectivity index is 2.81. The molecule has 1 aliphatic heterocycles. The first kappa shape index (κ1) is 14.1. The number of sulfone groups is 1. The molecule has 2 N–H and O–H groups in total. The van der Waals surface area contributed by atoms with Crippen molar-refractivity contribution in [2.24, 2.45) is 5.73 Å². The van der Waals surface area contributed by atoms with Crippen LogP contribution < -0.4 is 5.73 Å². The van der Waals surface area contributed by atoms with Gasteiger partial charge in [-0.3, -0.25) is 0 Å². The lowest BCUT2D eigenvalue weighted by molar-refractivity contribution is 0.0914. The van der Waals surface area contributed by atoms with Crippen LogP contribution in [0.3, 0.4) is 0 Å². The molecule has 1 fully saturated rings. The van der Waals surface area contributed by atoms with Crippen molar-refractivity contribution in [3.05, 3.63) is 0 Å². The van der Waals surface area contributed by atoms with Crippen LogP contribution in [0.2, 0.25) is 18.1 Å². The maximum absolute atomic E-state index is 11.3. The molecular formula is C10H23NO3SSi. The second kappa shape index (κ2) is 3.80. The molecule has 0 bridgehead atoms. The van der Waals surface area contributed by atoms with Crippen molar-refractivity contribution in [2.75, 3.05) is 18.1 Å². The minimum Gasteiger partial charge on any atom is -0.408 e. The van der Waals surface area contributed by atoms with E-state index in [-0.39, 0.29) is 16.5 Å². The molecule has 1 heterocycles. The fourth-order valence-electron chi connectivity index (χ4n) is 1.67.